The number of hydrogen-bond donors (Lipinski definition) is 0. The van der Waals surface area contributed by atoms with E-state index in [0.717, 1.165) is 6.42 Å². The molecule has 6 nitrogen and oxygen atoms in total. The third-order valence-electron chi connectivity index (χ3n) is 2.42. The van der Waals surface area contributed by atoms with E-state index in [1.54, 1.807) is 19.9 Å². The molecule has 0 N–H and O–H groups in total. The molecule has 1 unspecified atom stereocenters. The minimum atomic E-state index is -0.771. The van der Waals surface area contributed by atoms with Gasteiger partial charge in [0.1, 0.15) is 13.2 Å². The summed E-state index contributed by atoms with van der Waals surface area (Å²) in [5, 5.41) is 0. The average Bonchev–Trinajstić information content (AvgIpc) is 2.49. The quantitative estimate of drug-likeness (QED) is 0.349. The summed E-state index contributed by atoms with van der Waals surface area (Å²) < 4.78 is 15.0. The highest BCUT2D eigenvalue weighted by molar-refractivity contribution is 5.71. The highest BCUT2D eigenvalue weighted by Gasteiger charge is 2.18. The molecule has 120 valence electrons. The van der Waals surface area contributed by atoms with Crippen molar-refractivity contribution in [3.63, 3.8) is 0 Å². The van der Waals surface area contributed by atoms with Crippen molar-refractivity contribution in [3.05, 3.63) is 12.2 Å². The van der Waals surface area contributed by atoms with Crippen LogP contribution in [0.1, 0.15) is 46.5 Å². The van der Waals surface area contributed by atoms with Gasteiger partial charge >= 0.3 is 17.9 Å². The van der Waals surface area contributed by atoms with E-state index in [0.29, 0.717) is 0 Å². The molecule has 1 atom stereocenters. The van der Waals surface area contributed by atoms with Crippen LogP contribution >= 0.6 is 0 Å². The second kappa shape index (κ2) is 11.9. The van der Waals surface area contributed by atoms with Crippen molar-refractivity contribution in [2.24, 2.45) is 0 Å². The molecule has 0 heterocycles. The summed E-state index contributed by atoms with van der Waals surface area (Å²) in [5.41, 5.74) is 0. The first kappa shape index (κ1) is 19.1. The van der Waals surface area contributed by atoms with Crippen LogP contribution < -0.4 is 0 Å². The van der Waals surface area contributed by atoms with Crippen molar-refractivity contribution in [2.75, 3.05) is 13.2 Å². The summed E-state index contributed by atoms with van der Waals surface area (Å²) in [6, 6.07) is 0. The summed E-state index contributed by atoms with van der Waals surface area (Å²) in [6.45, 7) is 5.04. The maximum absolute atomic E-state index is 11.5. The Kier molecular flexibility index (Phi) is 10.9. The first-order valence-electron chi connectivity index (χ1n) is 7.19. The molecule has 0 saturated heterocycles. The van der Waals surface area contributed by atoms with Crippen LogP contribution in [0.25, 0.3) is 0 Å². The van der Waals surface area contributed by atoms with Crippen LogP contribution in [0.3, 0.4) is 0 Å². The van der Waals surface area contributed by atoms with E-state index in [2.05, 4.69) is 0 Å². The second-order valence-corrected chi connectivity index (χ2v) is 4.27. The van der Waals surface area contributed by atoms with Crippen molar-refractivity contribution in [1.82, 2.24) is 0 Å². The Bertz CT molecular complexity index is 361. The van der Waals surface area contributed by atoms with Gasteiger partial charge in [0, 0.05) is 12.8 Å². The normalized spacial score (nSPS) is 12.0. The minimum Gasteiger partial charge on any atom is -0.462 e. The SMILES string of the molecule is CC/C=C/CC(=O)OCC(COC(=O)CC)OC(=O)CC. The van der Waals surface area contributed by atoms with Crippen LogP contribution in [0.5, 0.6) is 0 Å². The Morgan fingerprint density at radius 3 is 1.95 bits per heavy atom. The molecule has 0 spiro atoms. The van der Waals surface area contributed by atoms with Crippen LogP contribution in [-0.4, -0.2) is 37.2 Å². The highest BCUT2D eigenvalue weighted by Crippen LogP contribution is 2.01. The molecule has 0 fully saturated rings. The summed E-state index contributed by atoms with van der Waals surface area (Å²) in [5.74, 6) is -1.25. The van der Waals surface area contributed by atoms with Crippen LogP contribution in [0, 0.1) is 0 Å². The molecule has 0 aliphatic carbocycles. The average molecular weight is 300 g/mol. The van der Waals surface area contributed by atoms with Crippen LogP contribution in [0.15, 0.2) is 12.2 Å². The van der Waals surface area contributed by atoms with Gasteiger partial charge in [-0.2, -0.15) is 0 Å². The monoisotopic (exact) mass is 300 g/mol. The molecule has 0 rings (SSSR count). The van der Waals surface area contributed by atoms with E-state index < -0.39 is 24.0 Å². The molecule has 0 radical (unpaired) electrons. The van der Waals surface area contributed by atoms with E-state index >= 15 is 0 Å². The van der Waals surface area contributed by atoms with Crippen LogP contribution in [0.4, 0.5) is 0 Å². The first-order valence-corrected chi connectivity index (χ1v) is 7.19. The molecular formula is C15H24O6. The smallest absolute Gasteiger partial charge is 0.309 e. The van der Waals surface area contributed by atoms with Gasteiger partial charge < -0.3 is 14.2 Å². The Balaban J connectivity index is 4.25. The molecule has 6 heteroatoms. The van der Waals surface area contributed by atoms with Gasteiger partial charge in [-0.05, 0) is 6.42 Å². The van der Waals surface area contributed by atoms with E-state index in [9.17, 15) is 14.4 Å². The van der Waals surface area contributed by atoms with E-state index in [4.69, 9.17) is 14.2 Å². The van der Waals surface area contributed by atoms with Crippen LogP contribution in [0.2, 0.25) is 0 Å². The zero-order valence-electron chi connectivity index (χ0n) is 12.9. The molecule has 0 aliphatic heterocycles. The van der Waals surface area contributed by atoms with Gasteiger partial charge in [0.25, 0.3) is 0 Å². The lowest BCUT2D eigenvalue weighted by molar-refractivity contribution is -0.166. The summed E-state index contributed by atoms with van der Waals surface area (Å²) in [7, 11) is 0. The van der Waals surface area contributed by atoms with Crippen molar-refractivity contribution >= 4 is 17.9 Å². The second-order valence-electron chi connectivity index (χ2n) is 4.27. The zero-order valence-corrected chi connectivity index (χ0v) is 12.9. The summed E-state index contributed by atoms with van der Waals surface area (Å²) in [4.78, 5) is 33.8. The topological polar surface area (TPSA) is 78.9 Å². The molecule has 0 aliphatic rings. The van der Waals surface area contributed by atoms with Crippen molar-refractivity contribution in [2.45, 2.75) is 52.6 Å². The molecule has 0 saturated carbocycles. The van der Waals surface area contributed by atoms with Gasteiger partial charge in [-0.3, -0.25) is 14.4 Å². The van der Waals surface area contributed by atoms with E-state index in [1.807, 2.05) is 13.0 Å². The first-order chi connectivity index (χ1) is 10.0. The van der Waals surface area contributed by atoms with Crippen molar-refractivity contribution < 1.29 is 28.6 Å². The van der Waals surface area contributed by atoms with Crippen molar-refractivity contribution in [3.8, 4) is 0 Å². The molecule has 0 aromatic heterocycles. The maximum atomic E-state index is 11.5. The molecule has 21 heavy (non-hydrogen) atoms. The summed E-state index contributed by atoms with van der Waals surface area (Å²) in [6.07, 6.45) is 4.24. The van der Waals surface area contributed by atoms with Gasteiger partial charge in [0.05, 0.1) is 6.42 Å². The minimum absolute atomic E-state index is 0.115. The number of carbonyl (C=O) groups is 3. The lowest BCUT2D eigenvalue weighted by atomic mass is 10.3. The maximum Gasteiger partial charge on any atom is 0.309 e. The fraction of sp³-hybridized carbons (Fsp3) is 0.667. The predicted octanol–water partition coefficient (Wildman–Crippen LogP) is 2.16. The number of hydrogen-bond acceptors (Lipinski definition) is 6. The number of allylic oxidation sites excluding steroid dienone is 1. The number of carbonyl (C=O) groups excluding carboxylic acids is 3. The number of esters is 3. The molecule has 0 bridgehead atoms. The molecule has 0 aromatic carbocycles. The largest absolute Gasteiger partial charge is 0.462 e. The van der Waals surface area contributed by atoms with Crippen molar-refractivity contribution in [1.29, 1.82) is 0 Å². The van der Waals surface area contributed by atoms with Gasteiger partial charge in [0.15, 0.2) is 6.10 Å². The van der Waals surface area contributed by atoms with Crippen LogP contribution in [-0.2, 0) is 28.6 Å². The fourth-order valence-electron chi connectivity index (χ4n) is 1.26. The van der Waals surface area contributed by atoms with E-state index in [1.165, 1.54) is 0 Å². The Morgan fingerprint density at radius 2 is 1.43 bits per heavy atom. The lowest BCUT2D eigenvalue weighted by Crippen LogP contribution is -2.30. The summed E-state index contributed by atoms with van der Waals surface area (Å²) >= 11 is 0. The number of ether oxygens (including phenoxy) is 3. The highest BCUT2D eigenvalue weighted by atomic mass is 16.6. The van der Waals surface area contributed by atoms with Gasteiger partial charge in [0.2, 0.25) is 0 Å². The Labute approximate surface area is 125 Å². The Morgan fingerprint density at radius 1 is 0.857 bits per heavy atom. The Hall–Kier alpha value is -1.85. The zero-order chi connectivity index (χ0) is 16.1. The predicted molar refractivity (Wildman–Crippen MR) is 76.4 cm³/mol. The molecular weight excluding hydrogens is 276 g/mol. The lowest BCUT2D eigenvalue weighted by Gasteiger charge is -2.17. The number of rotatable bonds is 10. The molecule has 0 aromatic rings. The van der Waals surface area contributed by atoms with Gasteiger partial charge in [-0.1, -0.05) is 32.9 Å². The standard InChI is InChI=1S/C15H24O6/c1-4-7-8-9-15(18)20-11-12(21-14(17)6-3)10-19-13(16)5-2/h7-8,12H,4-6,9-11H2,1-3H3/b8-7+. The van der Waals surface area contributed by atoms with Gasteiger partial charge in [-0.15, -0.1) is 0 Å². The third-order valence-corrected chi connectivity index (χ3v) is 2.42. The third kappa shape index (κ3) is 10.6. The van der Waals surface area contributed by atoms with E-state index in [-0.39, 0.29) is 32.5 Å². The molecule has 0 amide bonds. The fourth-order valence-corrected chi connectivity index (χ4v) is 1.26. The van der Waals surface area contributed by atoms with Gasteiger partial charge in [-0.25, -0.2) is 0 Å².